The van der Waals surface area contributed by atoms with E-state index >= 15 is 0 Å². The number of urea groups is 1. The summed E-state index contributed by atoms with van der Waals surface area (Å²) in [6.45, 7) is 10.2. The number of nitrogens with one attached hydrogen (secondary N) is 3. The van der Waals surface area contributed by atoms with Gasteiger partial charge in [-0.05, 0) is 97.4 Å². The molecule has 2 aliphatic rings. The van der Waals surface area contributed by atoms with Crippen LogP contribution in [0.15, 0.2) is 29.2 Å². The van der Waals surface area contributed by atoms with Crippen molar-refractivity contribution < 1.29 is 18.0 Å². The van der Waals surface area contributed by atoms with Gasteiger partial charge in [0.1, 0.15) is 6.04 Å². The molecule has 3 rings (SSSR count). The first kappa shape index (κ1) is 28.4. The summed E-state index contributed by atoms with van der Waals surface area (Å²) < 4.78 is 27.8. The molecule has 3 amide bonds. The highest BCUT2D eigenvalue weighted by Gasteiger charge is 2.29. The third-order valence-corrected chi connectivity index (χ3v) is 8.46. The largest absolute Gasteiger partial charge is 0.326 e. The maximum Gasteiger partial charge on any atom is 0.318 e. The Kier molecular flexibility index (Phi) is 9.37. The van der Waals surface area contributed by atoms with Gasteiger partial charge in [0.15, 0.2) is 0 Å². The van der Waals surface area contributed by atoms with E-state index in [4.69, 9.17) is 0 Å². The van der Waals surface area contributed by atoms with Gasteiger partial charge in [0.2, 0.25) is 15.9 Å². The van der Waals surface area contributed by atoms with Crippen molar-refractivity contribution in [3.05, 3.63) is 24.3 Å². The second kappa shape index (κ2) is 11.9. The Balaban J connectivity index is 1.68. The lowest BCUT2D eigenvalue weighted by Gasteiger charge is -2.35. The Morgan fingerprint density at radius 2 is 1.50 bits per heavy atom. The molecule has 11 heteroatoms. The SMILES string of the molecule is CN1CCC(C[C@H](NC(=O)N2CCN(C)CC2)C(=O)Nc2ccc(S(=O)(=O)NC(C)(C)C)cc2)CC1. The summed E-state index contributed by atoms with van der Waals surface area (Å²) in [5.41, 5.74) is -0.119. The minimum atomic E-state index is -3.67. The molecule has 0 spiro atoms. The average Bonchev–Trinajstić information content (AvgIpc) is 2.79. The van der Waals surface area contributed by atoms with Crippen molar-refractivity contribution in [3.8, 4) is 0 Å². The van der Waals surface area contributed by atoms with Gasteiger partial charge in [0.25, 0.3) is 0 Å². The fourth-order valence-electron chi connectivity index (χ4n) is 4.52. The van der Waals surface area contributed by atoms with Gasteiger partial charge in [-0.15, -0.1) is 0 Å². The number of anilines is 1. The molecule has 0 unspecified atom stereocenters. The summed E-state index contributed by atoms with van der Waals surface area (Å²) in [5.74, 6) is 0.0561. The zero-order chi connectivity index (χ0) is 26.5. The van der Waals surface area contributed by atoms with Crippen molar-refractivity contribution in [2.24, 2.45) is 5.92 Å². The smallest absolute Gasteiger partial charge is 0.318 e. The summed E-state index contributed by atoms with van der Waals surface area (Å²) in [5, 5.41) is 5.86. The van der Waals surface area contributed by atoms with Gasteiger partial charge < -0.3 is 25.3 Å². The number of likely N-dealkylation sites (N-methyl/N-ethyl adjacent to an activating group) is 1. The minimum absolute atomic E-state index is 0.127. The summed E-state index contributed by atoms with van der Waals surface area (Å²) in [4.78, 5) is 32.6. The third kappa shape index (κ3) is 8.43. The van der Waals surface area contributed by atoms with Crippen molar-refractivity contribution in [2.45, 2.75) is 56.5 Å². The molecule has 2 fully saturated rings. The molecule has 1 aromatic rings. The van der Waals surface area contributed by atoms with Gasteiger partial charge in [-0.1, -0.05) is 0 Å². The van der Waals surface area contributed by atoms with Crippen LogP contribution in [-0.2, 0) is 14.8 Å². The van der Waals surface area contributed by atoms with Crippen LogP contribution >= 0.6 is 0 Å². The fraction of sp³-hybridized carbons (Fsp3) is 0.680. The number of likely N-dealkylation sites (tertiary alicyclic amines) is 1. The van der Waals surface area contributed by atoms with Gasteiger partial charge >= 0.3 is 6.03 Å². The molecule has 36 heavy (non-hydrogen) atoms. The Bertz CT molecular complexity index is 992. The first-order valence-electron chi connectivity index (χ1n) is 12.7. The topological polar surface area (TPSA) is 114 Å². The number of carbonyl (C=O) groups is 2. The normalized spacial score (nSPS) is 19.6. The predicted octanol–water partition coefficient (Wildman–Crippen LogP) is 1.76. The van der Waals surface area contributed by atoms with Gasteiger partial charge in [0, 0.05) is 37.4 Å². The minimum Gasteiger partial charge on any atom is -0.326 e. The molecule has 0 aromatic heterocycles. The highest BCUT2D eigenvalue weighted by molar-refractivity contribution is 7.89. The van der Waals surface area contributed by atoms with Crippen molar-refractivity contribution in [2.75, 3.05) is 58.7 Å². The monoisotopic (exact) mass is 522 g/mol. The third-order valence-electron chi connectivity index (χ3n) is 6.68. The predicted molar refractivity (Wildman–Crippen MR) is 141 cm³/mol. The van der Waals surface area contributed by atoms with Gasteiger partial charge in [-0.25, -0.2) is 17.9 Å². The maximum atomic E-state index is 13.3. The number of amides is 3. The first-order valence-corrected chi connectivity index (χ1v) is 14.2. The van der Waals surface area contributed by atoms with E-state index in [0.29, 0.717) is 31.1 Å². The fourth-order valence-corrected chi connectivity index (χ4v) is 5.94. The van der Waals surface area contributed by atoms with Crippen LogP contribution in [-0.4, -0.2) is 100 Å². The van der Waals surface area contributed by atoms with Crippen molar-refractivity contribution in [1.82, 2.24) is 24.7 Å². The van der Waals surface area contributed by atoms with E-state index in [1.807, 2.05) is 7.05 Å². The molecule has 0 bridgehead atoms. The molecule has 1 aromatic carbocycles. The Morgan fingerprint density at radius 3 is 2.06 bits per heavy atom. The van der Waals surface area contributed by atoms with Crippen molar-refractivity contribution in [1.29, 1.82) is 0 Å². The van der Waals surface area contributed by atoms with Crippen LogP contribution in [0.2, 0.25) is 0 Å². The van der Waals surface area contributed by atoms with E-state index in [1.165, 1.54) is 12.1 Å². The molecule has 2 aliphatic heterocycles. The van der Waals surface area contributed by atoms with E-state index < -0.39 is 21.6 Å². The number of nitrogens with zero attached hydrogens (tertiary/aromatic N) is 3. The molecule has 202 valence electrons. The van der Waals surface area contributed by atoms with Crippen molar-refractivity contribution >= 4 is 27.6 Å². The maximum absolute atomic E-state index is 13.3. The van der Waals surface area contributed by atoms with E-state index in [9.17, 15) is 18.0 Å². The number of hydrogen-bond acceptors (Lipinski definition) is 6. The van der Waals surface area contributed by atoms with Gasteiger partial charge in [-0.3, -0.25) is 4.79 Å². The average molecular weight is 523 g/mol. The van der Waals surface area contributed by atoms with Gasteiger partial charge in [-0.2, -0.15) is 0 Å². The second-order valence-electron chi connectivity index (χ2n) is 11.1. The summed E-state index contributed by atoms with van der Waals surface area (Å²) in [7, 11) is 0.455. The lowest BCUT2D eigenvalue weighted by Crippen LogP contribution is -2.55. The number of piperazine rings is 1. The summed E-state index contributed by atoms with van der Waals surface area (Å²) in [6.07, 6.45) is 2.54. The molecule has 0 radical (unpaired) electrons. The van der Waals surface area contributed by atoms with Crippen LogP contribution in [0.1, 0.15) is 40.0 Å². The molecule has 2 saturated heterocycles. The Hall–Kier alpha value is -2.21. The van der Waals surface area contributed by atoms with E-state index in [0.717, 1.165) is 39.0 Å². The number of sulfonamides is 1. The number of benzene rings is 1. The molecular weight excluding hydrogens is 480 g/mol. The van der Waals surface area contributed by atoms with E-state index in [2.05, 4.69) is 32.2 Å². The Labute approximate surface area is 215 Å². The number of piperidine rings is 1. The Morgan fingerprint density at radius 1 is 0.944 bits per heavy atom. The second-order valence-corrected chi connectivity index (χ2v) is 12.8. The van der Waals surface area contributed by atoms with Crippen LogP contribution in [0.4, 0.5) is 10.5 Å². The standard InChI is InChI=1S/C25H42N6O4S/c1-25(2,3)28-36(34,35)21-8-6-20(7-9-21)26-23(32)22(18-19-10-12-29(4)13-11-19)27-24(33)31-16-14-30(5)15-17-31/h6-9,19,22,28H,10-18H2,1-5H3,(H,26,32)(H,27,33)/t22-/m0/s1. The lowest BCUT2D eigenvalue weighted by atomic mass is 9.90. The molecule has 0 saturated carbocycles. The zero-order valence-corrected chi connectivity index (χ0v) is 23.0. The molecule has 1 atom stereocenters. The lowest BCUT2D eigenvalue weighted by molar-refractivity contribution is -0.118. The quantitative estimate of drug-likeness (QED) is 0.503. The number of carbonyl (C=O) groups excluding carboxylic acids is 2. The highest BCUT2D eigenvalue weighted by Crippen LogP contribution is 2.23. The molecule has 3 N–H and O–H groups in total. The summed E-state index contributed by atoms with van der Waals surface area (Å²) >= 11 is 0. The molecule has 0 aliphatic carbocycles. The highest BCUT2D eigenvalue weighted by atomic mass is 32.2. The van der Waals surface area contributed by atoms with Crippen LogP contribution in [0.5, 0.6) is 0 Å². The zero-order valence-electron chi connectivity index (χ0n) is 22.2. The van der Waals surface area contributed by atoms with Crippen molar-refractivity contribution in [3.63, 3.8) is 0 Å². The van der Waals surface area contributed by atoms with Crippen LogP contribution in [0.25, 0.3) is 0 Å². The van der Waals surface area contributed by atoms with Crippen LogP contribution in [0.3, 0.4) is 0 Å². The number of hydrogen-bond donors (Lipinski definition) is 3. The molecular formula is C25H42N6O4S. The van der Waals surface area contributed by atoms with E-state index in [-0.39, 0.29) is 16.8 Å². The summed E-state index contributed by atoms with van der Waals surface area (Å²) in [6, 6.07) is 5.20. The number of rotatable bonds is 7. The molecule has 10 nitrogen and oxygen atoms in total. The van der Waals surface area contributed by atoms with E-state index in [1.54, 1.807) is 37.8 Å². The van der Waals surface area contributed by atoms with Crippen LogP contribution in [0, 0.1) is 5.92 Å². The first-order chi connectivity index (χ1) is 16.8. The van der Waals surface area contributed by atoms with Crippen LogP contribution < -0.4 is 15.4 Å². The molecule has 2 heterocycles. The van der Waals surface area contributed by atoms with Gasteiger partial charge in [0.05, 0.1) is 4.90 Å².